The van der Waals surface area contributed by atoms with Gasteiger partial charge in [-0.15, -0.1) is 6.58 Å². The molecule has 0 aromatic rings. The van der Waals surface area contributed by atoms with Crippen molar-refractivity contribution in [1.82, 2.24) is 0 Å². The highest BCUT2D eigenvalue weighted by Crippen LogP contribution is 2.31. The third-order valence-corrected chi connectivity index (χ3v) is 3.56. The van der Waals surface area contributed by atoms with Gasteiger partial charge in [-0.3, -0.25) is 4.79 Å². The van der Waals surface area contributed by atoms with Crippen LogP contribution in [0.4, 0.5) is 0 Å². The Morgan fingerprint density at radius 2 is 2.12 bits per heavy atom. The third kappa shape index (κ3) is 4.15. The molecule has 1 aliphatic rings. The molecule has 0 saturated heterocycles. The van der Waals surface area contributed by atoms with Gasteiger partial charge < -0.3 is 9.84 Å². The number of allylic oxidation sites excluding steroid dienone is 1. The minimum Gasteiger partial charge on any atom is -0.466 e. The van der Waals surface area contributed by atoms with Gasteiger partial charge in [0.2, 0.25) is 0 Å². The highest BCUT2D eigenvalue weighted by atomic mass is 16.5. The molecule has 0 amide bonds. The Morgan fingerprint density at radius 1 is 1.47 bits per heavy atom. The van der Waals surface area contributed by atoms with Crippen molar-refractivity contribution in [1.29, 1.82) is 0 Å². The number of aliphatic hydroxyl groups excluding tert-OH is 1. The highest BCUT2D eigenvalue weighted by Gasteiger charge is 2.33. The summed E-state index contributed by atoms with van der Waals surface area (Å²) in [6.45, 7) is 5.80. The molecular formula is C14H24O3. The summed E-state index contributed by atoms with van der Waals surface area (Å²) in [6.07, 6.45) is 7.21. The molecule has 0 radical (unpaired) electrons. The summed E-state index contributed by atoms with van der Waals surface area (Å²) in [6, 6.07) is 0. The van der Waals surface area contributed by atoms with Crippen molar-refractivity contribution in [2.75, 3.05) is 6.61 Å². The van der Waals surface area contributed by atoms with Gasteiger partial charge in [-0.05, 0) is 32.1 Å². The van der Waals surface area contributed by atoms with Crippen molar-refractivity contribution >= 4 is 5.97 Å². The fourth-order valence-corrected chi connectivity index (χ4v) is 2.61. The number of esters is 1. The molecule has 1 rings (SSSR count). The average Bonchev–Trinajstić information content (AvgIpc) is 2.36. The maximum atomic E-state index is 11.8. The van der Waals surface area contributed by atoms with Crippen molar-refractivity contribution in [2.45, 2.75) is 51.6 Å². The maximum Gasteiger partial charge on any atom is 0.311 e. The summed E-state index contributed by atoms with van der Waals surface area (Å²) < 4.78 is 5.02. The van der Waals surface area contributed by atoms with Crippen LogP contribution >= 0.6 is 0 Å². The van der Waals surface area contributed by atoms with E-state index >= 15 is 0 Å². The largest absolute Gasteiger partial charge is 0.466 e. The number of carbonyl (C=O) groups excluding carboxylic acids is 1. The number of hydrogen-bond acceptors (Lipinski definition) is 3. The number of carbonyl (C=O) groups is 1. The molecule has 17 heavy (non-hydrogen) atoms. The quantitative estimate of drug-likeness (QED) is 0.573. The SMILES string of the molecule is C=CC[C@H](C(=O)OCC)[C@H](O)C1CCCCC1. The van der Waals surface area contributed by atoms with Gasteiger partial charge in [0.15, 0.2) is 0 Å². The van der Waals surface area contributed by atoms with Crippen LogP contribution in [-0.2, 0) is 9.53 Å². The van der Waals surface area contributed by atoms with Crippen molar-refractivity contribution < 1.29 is 14.6 Å². The van der Waals surface area contributed by atoms with Crippen LogP contribution < -0.4 is 0 Å². The third-order valence-electron chi connectivity index (χ3n) is 3.56. The summed E-state index contributed by atoms with van der Waals surface area (Å²) in [5, 5.41) is 10.3. The minimum atomic E-state index is -0.577. The predicted octanol–water partition coefficient (Wildman–Crippen LogP) is 2.68. The molecule has 3 nitrogen and oxygen atoms in total. The van der Waals surface area contributed by atoms with E-state index in [1.165, 1.54) is 6.42 Å². The molecule has 0 aliphatic heterocycles. The molecule has 98 valence electrons. The number of rotatable bonds is 6. The number of ether oxygens (including phenoxy) is 1. The van der Waals surface area contributed by atoms with Crippen LogP contribution in [-0.4, -0.2) is 23.8 Å². The monoisotopic (exact) mass is 240 g/mol. The van der Waals surface area contributed by atoms with Crippen LogP contribution in [0.15, 0.2) is 12.7 Å². The Hall–Kier alpha value is -0.830. The van der Waals surface area contributed by atoms with Gasteiger partial charge in [-0.1, -0.05) is 25.3 Å². The van der Waals surface area contributed by atoms with Crippen LogP contribution in [0.2, 0.25) is 0 Å². The second-order valence-electron chi connectivity index (χ2n) is 4.77. The van der Waals surface area contributed by atoms with E-state index in [9.17, 15) is 9.90 Å². The molecule has 0 spiro atoms. The molecule has 0 aromatic carbocycles. The van der Waals surface area contributed by atoms with Crippen molar-refractivity contribution in [3.8, 4) is 0 Å². The van der Waals surface area contributed by atoms with Gasteiger partial charge in [0.1, 0.15) is 0 Å². The molecule has 2 atom stereocenters. The van der Waals surface area contributed by atoms with E-state index < -0.39 is 12.0 Å². The molecule has 0 aromatic heterocycles. The summed E-state index contributed by atoms with van der Waals surface area (Å²) in [5.74, 6) is -0.473. The van der Waals surface area contributed by atoms with Crippen LogP contribution in [0.5, 0.6) is 0 Å². The maximum absolute atomic E-state index is 11.8. The zero-order chi connectivity index (χ0) is 12.7. The minimum absolute atomic E-state index is 0.248. The molecule has 1 fully saturated rings. The van der Waals surface area contributed by atoms with E-state index in [1.54, 1.807) is 13.0 Å². The first-order valence-corrected chi connectivity index (χ1v) is 6.66. The molecule has 3 heteroatoms. The lowest BCUT2D eigenvalue weighted by atomic mass is 9.79. The van der Waals surface area contributed by atoms with E-state index in [4.69, 9.17) is 4.74 Å². The molecular weight excluding hydrogens is 216 g/mol. The lowest BCUT2D eigenvalue weighted by Gasteiger charge is -2.30. The van der Waals surface area contributed by atoms with Gasteiger partial charge >= 0.3 is 5.97 Å². The lowest BCUT2D eigenvalue weighted by molar-refractivity contribution is -0.153. The van der Waals surface area contributed by atoms with E-state index in [-0.39, 0.29) is 11.9 Å². The number of hydrogen-bond donors (Lipinski definition) is 1. The standard InChI is InChI=1S/C14H24O3/c1-3-8-12(14(16)17-4-2)13(15)11-9-6-5-7-10-11/h3,11-13,15H,1,4-10H2,2H3/t12-,13+/m0/s1. The van der Waals surface area contributed by atoms with Gasteiger partial charge in [-0.25, -0.2) is 0 Å². The zero-order valence-electron chi connectivity index (χ0n) is 10.7. The fourth-order valence-electron chi connectivity index (χ4n) is 2.61. The Balaban J connectivity index is 2.60. The van der Waals surface area contributed by atoms with Crippen LogP contribution in [0.3, 0.4) is 0 Å². The highest BCUT2D eigenvalue weighted by molar-refractivity contribution is 5.73. The number of aliphatic hydroxyl groups is 1. The molecule has 0 unspecified atom stereocenters. The summed E-state index contributed by atoms with van der Waals surface area (Å²) >= 11 is 0. The smallest absolute Gasteiger partial charge is 0.311 e. The van der Waals surface area contributed by atoms with Crippen molar-refractivity contribution in [2.24, 2.45) is 11.8 Å². The molecule has 1 N–H and O–H groups in total. The van der Waals surface area contributed by atoms with E-state index in [2.05, 4.69) is 6.58 Å². The Bertz CT molecular complexity index is 244. The van der Waals surface area contributed by atoms with Crippen LogP contribution in [0.25, 0.3) is 0 Å². The van der Waals surface area contributed by atoms with E-state index in [1.807, 2.05) is 0 Å². The molecule has 0 heterocycles. The summed E-state index contributed by atoms with van der Waals surface area (Å²) in [7, 11) is 0. The van der Waals surface area contributed by atoms with Crippen molar-refractivity contribution in [3.05, 3.63) is 12.7 Å². The van der Waals surface area contributed by atoms with Crippen LogP contribution in [0.1, 0.15) is 45.4 Å². The van der Waals surface area contributed by atoms with Gasteiger partial charge in [0, 0.05) is 0 Å². The second kappa shape index (κ2) is 7.49. The van der Waals surface area contributed by atoms with Crippen LogP contribution in [0, 0.1) is 11.8 Å². The zero-order valence-corrected chi connectivity index (χ0v) is 10.7. The van der Waals surface area contributed by atoms with Gasteiger partial charge in [0.05, 0.1) is 18.6 Å². The second-order valence-corrected chi connectivity index (χ2v) is 4.77. The summed E-state index contributed by atoms with van der Waals surface area (Å²) in [4.78, 5) is 11.8. The molecule has 1 saturated carbocycles. The normalized spacial score (nSPS) is 20.6. The summed E-state index contributed by atoms with van der Waals surface area (Å²) in [5.41, 5.74) is 0. The molecule has 0 bridgehead atoms. The predicted molar refractivity (Wildman–Crippen MR) is 67.5 cm³/mol. The van der Waals surface area contributed by atoms with E-state index in [0.717, 1.165) is 25.7 Å². The van der Waals surface area contributed by atoms with Crippen molar-refractivity contribution in [3.63, 3.8) is 0 Å². The molecule has 1 aliphatic carbocycles. The van der Waals surface area contributed by atoms with Gasteiger partial charge in [0.25, 0.3) is 0 Å². The Kier molecular flexibility index (Phi) is 6.27. The Morgan fingerprint density at radius 3 is 2.65 bits per heavy atom. The fraction of sp³-hybridized carbons (Fsp3) is 0.786. The average molecular weight is 240 g/mol. The first-order chi connectivity index (χ1) is 8.20. The first-order valence-electron chi connectivity index (χ1n) is 6.66. The topological polar surface area (TPSA) is 46.5 Å². The lowest BCUT2D eigenvalue weighted by Crippen LogP contribution is -2.36. The Labute approximate surface area is 104 Å². The first kappa shape index (κ1) is 14.2. The van der Waals surface area contributed by atoms with E-state index in [0.29, 0.717) is 13.0 Å². The van der Waals surface area contributed by atoms with Gasteiger partial charge in [-0.2, -0.15) is 0 Å².